The first-order chi connectivity index (χ1) is 13.0. The third-order valence-electron chi connectivity index (χ3n) is 3.97. The van der Waals surface area contributed by atoms with E-state index in [0.717, 1.165) is 17.7 Å². The highest BCUT2D eigenvalue weighted by molar-refractivity contribution is 6.30. The maximum Gasteiger partial charge on any atom is 0.266 e. The van der Waals surface area contributed by atoms with Gasteiger partial charge in [0.25, 0.3) is 6.43 Å². The van der Waals surface area contributed by atoms with E-state index >= 15 is 0 Å². The van der Waals surface area contributed by atoms with E-state index in [-0.39, 0.29) is 0 Å². The normalized spacial score (nSPS) is 11.4. The molecule has 0 saturated heterocycles. The van der Waals surface area contributed by atoms with Crippen LogP contribution in [0.2, 0.25) is 5.02 Å². The van der Waals surface area contributed by atoms with Crippen LogP contribution in [0, 0.1) is 5.82 Å². The molecule has 0 spiro atoms. The second kappa shape index (κ2) is 6.96. The summed E-state index contributed by atoms with van der Waals surface area (Å²) >= 11 is 5.95. The van der Waals surface area contributed by atoms with Crippen molar-refractivity contribution in [3.05, 3.63) is 71.0 Å². The lowest BCUT2D eigenvalue weighted by atomic mass is 10.1. The van der Waals surface area contributed by atoms with Crippen LogP contribution < -0.4 is 0 Å². The lowest BCUT2D eigenvalue weighted by molar-refractivity contribution is 0.146. The van der Waals surface area contributed by atoms with Crippen LogP contribution in [0.1, 0.15) is 17.6 Å². The molecule has 0 bridgehead atoms. The number of aromatic nitrogens is 5. The van der Waals surface area contributed by atoms with Crippen LogP contribution in [0.5, 0.6) is 0 Å². The molecule has 1 aromatic carbocycles. The van der Waals surface area contributed by atoms with Crippen molar-refractivity contribution in [1.82, 2.24) is 24.7 Å². The summed E-state index contributed by atoms with van der Waals surface area (Å²) in [4.78, 5) is 12.8. The van der Waals surface area contributed by atoms with E-state index in [1.165, 1.54) is 18.5 Å². The second-order valence-corrected chi connectivity index (χ2v) is 6.25. The van der Waals surface area contributed by atoms with Crippen LogP contribution in [-0.2, 0) is 6.54 Å². The van der Waals surface area contributed by atoms with Crippen molar-refractivity contribution in [2.45, 2.75) is 13.0 Å². The summed E-state index contributed by atoms with van der Waals surface area (Å²) in [7, 11) is 0. The number of nitrogens with zero attached hydrogens (tertiary/aromatic N) is 5. The summed E-state index contributed by atoms with van der Waals surface area (Å²) < 4.78 is 41.1. The van der Waals surface area contributed by atoms with Gasteiger partial charge in [-0.05, 0) is 29.8 Å². The van der Waals surface area contributed by atoms with E-state index in [2.05, 4.69) is 20.1 Å². The Morgan fingerprint density at radius 1 is 1.07 bits per heavy atom. The van der Waals surface area contributed by atoms with Gasteiger partial charge < -0.3 is 0 Å². The Kier molecular flexibility index (Phi) is 4.49. The van der Waals surface area contributed by atoms with Crippen molar-refractivity contribution in [3.63, 3.8) is 0 Å². The van der Waals surface area contributed by atoms with E-state index < -0.39 is 17.8 Å². The first-order valence-electron chi connectivity index (χ1n) is 7.87. The van der Waals surface area contributed by atoms with Crippen LogP contribution in [-0.4, -0.2) is 24.7 Å². The molecule has 0 unspecified atom stereocenters. The number of fused-ring (bicyclic) bond motifs is 1. The molecule has 3 aromatic heterocycles. The summed E-state index contributed by atoms with van der Waals surface area (Å²) in [6, 6.07) is 5.22. The molecule has 0 N–H and O–H groups in total. The summed E-state index contributed by atoms with van der Waals surface area (Å²) in [6.07, 6.45) is 3.27. The lowest BCUT2D eigenvalue weighted by Crippen LogP contribution is -2.03. The van der Waals surface area contributed by atoms with Crippen molar-refractivity contribution >= 4 is 22.8 Å². The average Bonchev–Trinajstić information content (AvgIpc) is 3.04. The molecule has 0 aliphatic rings. The van der Waals surface area contributed by atoms with Gasteiger partial charge in [-0.25, -0.2) is 27.8 Å². The summed E-state index contributed by atoms with van der Waals surface area (Å²) in [5, 5.41) is 4.76. The standard InChI is InChI=1S/C18H11ClF3N5/c19-12-3-10(5-23-6-12)9-27-18-16(8-25-27)24-7-15(26-18)11-1-2-14(20)13(4-11)17(21)22/h1-8,17H,9H2. The van der Waals surface area contributed by atoms with Gasteiger partial charge in [-0.2, -0.15) is 5.10 Å². The Balaban J connectivity index is 1.75. The highest BCUT2D eigenvalue weighted by atomic mass is 35.5. The van der Waals surface area contributed by atoms with Crippen molar-refractivity contribution in [3.8, 4) is 11.3 Å². The van der Waals surface area contributed by atoms with Crippen LogP contribution in [0.15, 0.2) is 49.1 Å². The molecule has 0 saturated carbocycles. The molecule has 5 nitrogen and oxygen atoms in total. The molecule has 9 heteroatoms. The Morgan fingerprint density at radius 2 is 1.93 bits per heavy atom. The largest absolute Gasteiger partial charge is 0.266 e. The highest BCUT2D eigenvalue weighted by Gasteiger charge is 2.16. The molecule has 0 fully saturated rings. The number of benzene rings is 1. The van der Waals surface area contributed by atoms with Gasteiger partial charge in [-0.15, -0.1) is 0 Å². The lowest BCUT2D eigenvalue weighted by Gasteiger charge is -2.07. The number of rotatable bonds is 4. The molecule has 0 amide bonds. The molecule has 27 heavy (non-hydrogen) atoms. The van der Waals surface area contributed by atoms with Crippen LogP contribution in [0.25, 0.3) is 22.4 Å². The number of alkyl halides is 2. The number of halogens is 4. The zero-order valence-corrected chi connectivity index (χ0v) is 14.4. The topological polar surface area (TPSA) is 56.5 Å². The zero-order valence-electron chi connectivity index (χ0n) is 13.7. The molecule has 0 radical (unpaired) electrons. The first kappa shape index (κ1) is 17.4. The summed E-state index contributed by atoms with van der Waals surface area (Å²) in [5.74, 6) is -0.957. The molecule has 4 rings (SSSR count). The Morgan fingerprint density at radius 3 is 2.70 bits per heavy atom. The SMILES string of the molecule is Fc1ccc(-c2cnc3cnn(Cc4cncc(Cl)c4)c3n2)cc1C(F)F. The Labute approximate surface area is 156 Å². The second-order valence-electron chi connectivity index (χ2n) is 5.81. The van der Waals surface area contributed by atoms with Crippen molar-refractivity contribution in [1.29, 1.82) is 0 Å². The molecular weight excluding hydrogens is 379 g/mol. The van der Waals surface area contributed by atoms with Gasteiger partial charge >= 0.3 is 0 Å². The fourth-order valence-corrected chi connectivity index (χ4v) is 2.89. The maximum absolute atomic E-state index is 13.5. The maximum atomic E-state index is 13.5. The van der Waals surface area contributed by atoms with Gasteiger partial charge in [0.2, 0.25) is 0 Å². The number of pyridine rings is 1. The van der Waals surface area contributed by atoms with E-state index in [1.54, 1.807) is 23.1 Å². The zero-order chi connectivity index (χ0) is 19.0. The minimum Gasteiger partial charge on any atom is -0.263 e. The molecule has 0 aliphatic heterocycles. The van der Waals surface area contributed by atoms with E-state index in [9.17, 15) is 13.2 Å². The Hall–Kier alpha value is -3.00. The van der Waals surface area contributed by atoms with Gasteiger partial charge in [0, 0.05) is 18.0 Å². The fourth-order valence-electron chi connectivity index (χ4n) is 2.69. The van der Waals surface area contributed by atoms with E-state index in [4.69, 9.17) is 11.6 Å². The number of hydrogen-bond donors (Lipinski definition) is 0. The van der Waals surface area contributed by atoms with Crippen molar-refractivity contribution in [2.75, 3.05) is 0 Å². The Bertz CT molecular complexity index is 1130. The predicted octanol–water partition coefficient (Wildman–Crippen LogP) is 4.67. The van der Waals surface area contributed by atoms with E-state index in [0.29, 0.717) is 34.0 Å². The molecule has 136 valence electrons. The van der Waals surface area contributed by atoms with Crippen LogP contribution in [0.4, 0.5) is 13.2 Å². The summed E-state index contributed by atoms with van der Waals surface area (Å²) in [6.45, 7) is 0.362. The molecule has 3 heterocycles. The molecule has 0 atom stereocenters. The molecule has 4 aromatic rings. The first-order valence-corrected chi connectivity index (χ1v) is 8.25. The van der Waals surface area contributed by atoms with Gasteiger partial charge in [0.1, 0.15) is 11.3 Å². The molecule has 0 aliphatic carbocycles. The third kappa shape index (κ3) is 3.48. The quantitative estimate of drug-likeness (QED) is 0.509. The number of hydrogen-bond acceptors (Lipinski definition) is 4. The smallest absolute Gasteiger partial charge is 0.263 e. The van der Waals surface area contributed by atoms with Gasteiger partial charge in [0.05, 0.1) is 35.2 Å². The average molecular weight is 390 g/mol. The molecular formula is C18H11ClF3N5. The van der Waals surface area contributed by atoms with Crippen LogP contribution in [0.3, 0.4) is 0 Å². The minimum atomic E-state index is -2.91. The minimum absolute atomic E-state index is 0.343. The fraction of sp³-hybridized carbons (Fsp3) is 0.111. The summed E-state index contributed by atoms with van der Waals surface area (Å²) in [5.41, 5.74) is 1.85. The third-order valence-corrected chi connectivity index (χ3v) is 4.17. The van der Waals surface area contributed by atoms with Crippen molar-refractivity contribution in [2.24, 2.45) is 0 Å². The van der Waals surface area contributed by atoms with Gasteiger partial charge in [-0.1, -0.05) is 11.6 Å². The van der Waals surface area contributed by atoms with Gasteiger partial charge in [-0.3, -0.25) is 4.98 Å². The van der Waals surface area contributed by atoms with Crippen molar-refractivity contribution < 1.29 is 13.2 Å². The monoisotopic (exact) mass is 389 g/mol. The van der Waals surface area contributed by atoms with Crippen LogP contribution >= 0.6 is 11.6 Å². The van der Waals surface area contributed by atoms with E-state index in [1.807, 2.05) is 0 Å². The predicted molar refractivity (Wildman–Crippen MR) is 94.0 cm³/mol. The highest BCUT2D eigenvalue weighted by Crippen LogP contribution is 2.27. The van der Waals surface area contributed by atoms with Gasteiger partial charge in [0.15, 0.2) is 5.65 Å².